The van der Waals surface area contributed by atoms with Gasteiger partial charge in [-0.25, -0.2) is 0 Å². The fourth-order valence-electron chi connectivity index (χ4n) is 2.85. The van der Waals surface area contributed by atoms with Crippen LogP contribution < -0.4 is 11.1 Å². The second-order valence-corrected chi connectivity index (χ2v) is 6.21. The van der Waals surface area contributed by atoms with E-state index >= 15 is 0 Å². The Labute approximate surface area is 131 Å². The molecule has 2 rings (SSSR count). The average molecular weight is 303 g/mol. The zero-order chi connectivity index (χ0) is 16.1. The van der Waals surface area contributed by atoms with E-state index in [4.69, 9.17) is 5.73 Å². The lowest BCUT2D eigenvalue weighted by atomic mass is 10.1. The first-order chi connectivity index (χ1) is 10.5. The van der Waals surface area contributed by atoms with Crippen molar-refractivity contribution in [2.75, 3.05) is 20.6 Å². The Balaban J connectivity index is 1.83. The van der Waals surface area contributed by atoms with E-state index in [9.17, 15) is 9.59 Å². The van der Waals surface area contributed by atoms with Gasteiger partial charge in [-0.05, 0) is 43.4 Å². The van der Waals surface area contributed by atoms with Crippen LogP contribution in [0.25, 0.3) is 0 Å². The molecule has 0 spiro atoms. The van der Waals surface area contributed by atoms with Crippen LogP contribution in [0.1, 0.15) is 35.2 Å². The fraction of sp³-hybridized carbons (Fsp3) is 0.529. The normalized spacial score (nSPS) is 20.7. The molecule has 2 amide bonds. The molecular weight excluding hydrogens is 278 g/mol. The third kappa shape index (κ3) is 4.31. The summed E-state index contributed by atoms with van der Waals surface area (Å²) in [5.74, 6) is 0.163. The summed E-state index contributed by atoms with van der Waals surface area (Å²) in [7, 11) is 3.48. The maximum atomic E-state index is 12.0. The first-order valence-electron chi connectivity index (χ1n) is 7.81. The molecule has 5 heteroatoms. The molecule has 0 bridgehead atoms. The molecule has 0 aromatic heterocycles. The summed E-state index contributed by atoms with van der Waals surface area (Å²) in [5.41, 5.74) is 7.56. The van der Waals surface area contributed by atoms with Crippen LogP contribution in [0.5, 0.6) is 0 Å². The summed E-state index contributed by atoms with van der Waals surface area (Å²) in [6, 6.07) is 7.72. The summed E-state index contributed by atoms with van der Waals surface area (Å²) < 4.78 is 0. The molecule has 120 valence electrons. The number of carbonyl (C=O) groups excluding carboxylic acids is 2. The summed E-state index contributed by atoms with van der Waals surface area (Å²) in [6.45, 7) is 0.587. The SMILES string of the molecule is CN(C)C(=O)c1cccc(CCNC(=O)C2CCC(N)C2)c1. The maximum Gasteiger partial charge on any atom is 0.253 e. The number of hydrogen-bond donors (Lipinski definition) is 2. The minimum atomic E-state index is -0.00849. The van der Waals surface area contributed by atoms with Crippen molar-refractivity contribution in [3.63, 3.8) is 0 Å². The highest BCUT2D eigenvalue weighted by molar-refractivity contribution is 5.94. The number of amides is 2. The van der Waals surface area contributed by atoms with Crippen LogP contribution >= 0.6 is 0 Å². The maximum absolute atomic E-state index is 12.0. The van der Waals surface area contributed by atoms with E-state index in [-0.39, 0.29) is 23.8 Å². The highest BCUT2D eigenvalue weighted by Gasteiger charge is 2.27. The Bertz CT molecular complexity index is 542. The van der Waals surface area contributed by atoms with Crippen molar-refractivity contribution in [3.8, 4) is 0 Å². The molecule has 5 nitrogen and oxygen atoms in total. The van der Waals surface area contributed by atoms with Gasteiger partial charge in [0.15, 0.2) is 0 Å². The van der Waals surface area contributed by atoms with Gasteiger partial charge in [-0.3, -0.25) is 9.59 Å². The predicted molar refractivity (Wildman–Crippen MR) is 86.5 cm³/mol. The van der Waals surface area contributed by atoms with E-state index in [1.165, 1.54) is 0 Å². The lowest BCUT2D eigenvalue weighted by molar-refractivity contribution is -0.124. The molecule has 0 heterocycles. The molecule has 0 radical (unpaired) electrons. The zero-order valence-electron chi connectivity index (χ0n) is 13.3. The van der Waals surface area contributed by atoms with Crippen LogP contribution in [0.4, 0.5) is 0 Å². The molecule has 1 aliphatic carbocycles. The number of benzene rings is 1. The van der Waals surface area contributed by atoms with Gasteiger partial charge in [-0.1, -0.05) is 12.1 Å². The number of nitrogens with one attached hydrogen (secondary N) is 1. The minimum absolute atomic E-state index is 0.00849. The number of nitrogens with zero attached hydrogens (tertiary/aromatic N) is 1. The Kier molecular flexibility index (Phi) is 5.55. The molecule has 1 fully saturated rings. The van der Waals surface area contributed by atoms with Gasteiger partial charge in [0.25, 0.3) is 5.91 Å². The van der Waals surface area contributed by atoms with Crippen molar-refractivity contribution >= 4 is 11.8 Å². The third-order valence-corrected chi connectivity index (χ3v) is 4.14. The first kappa shape index (κ1) is 16.5. The van der Waals surface area contributed by atoms with E-state index in [0.29, 0.717) is 12.1 Å². The molecule has 2 atom stereocenters. The number of carbonyl (C=O) groups is 2. The van der Waals surface area contributed by atoms with E-state index in [1.807, 2.05) is 24.3 Å². The molecule has 1 aromatic carbocycles. The molecule has 0 aliphatic heterocycles. The van der Waals surface area contributed by atoms with Crippen LogP contribution in [-0.4, -0.2) is 43.4 Å². The quantitative estimate of drug-likeness (QED) is 0.857. The van der Waals surface area contributed by atoms with E-state index in [1.54, 1.807) is 19.0 Å². The highest BCUT2D eigenvalue weighted by atomic mass is 16.2. The average Bonchev–Trinajstić information content (AvgIpc) is 2.93. The van der Waals surface area contributed by atoms with Crippen molar-refractivity contribution in [1.29, 1.82) is 0 Å². The van der Waals surface area contributed by atoms with Crippen molar-refractivity contribution in [2.24, 2.45) is 11.7 Å². The Morgan fingerprint density at radius 1 is 1.32 bits per heavy atom. The lowest BCUT2D eigenvalue weighted by Crippen LogP contribution is -2.32. The standard InChI is InChI=1S/C17H25N3O2/c1-20(2)17(22)14-5-3-4-12(10-14)8-9-19-16(21)13-6-7-15(18)11-13/h3-5,10,13,15H,6-9,11,18H2,1-2H3,(H,19,21). The number of nitrogens with two attached hydrogens (primary N) is 1. The van der Waals surface area contributed by atoms with Gasteiger partial charge in [0.2, 0.25) is 5.91 Å². The highest BCUT2D eigenvalue weighted by Crippen LogP contribution is 2.23. The summed E-state index contributed by atoms with van der Waals surface area (Å²) >= 11 is 0. The van der Waals surface area contributed by atoms with E-state index < -0.39 is 0 Å². The molecule has 2 unspecified atom stereocenters. The second-order valence-electron chi connectivity index (χ2n) is 6.21. The first-order valence-corrected chi connectivity index (χ1v) is 7.81. The topological polar surface area (TPSA) is 75.4 Å². The summed E-state index contributed by atoms with van der Waals surface area (Å²) in [5, 5.41) is 2.98. The third-order valence-electron chi connectivity index (χ3n) is 4.14. The van der Waals surface area contributed by atoms with Crippen molar-refractivity contribution < 1.29 is 9.59 Å². The lowest BCUT2D eigenvalue weighted by Gasteiger charge is -2.12. The van der Waals surface area contributed by atoms with Crippen LogP contribution in [0.15, 0.2) is 24.3 Å². The van der Waals surface area contributed by atoms with Gasteiger partial charge in [-0.2, -0.15) is 0 Å². The van der Waals surface area contributed by atoms with E-state index in [0.717, 1.165) is 31.2 Å². The van der Waals surface area contributed by atoms with Crippen LogP contribution in [-0.2, 0) is 11.2 Å². The molecule has 1 aromatic rings. The van der Waals surface area contributed by atoms with Gasteiger partial charge in [0.1, 0.15) is 0 Å². The minimum Gasteiger partial charge on any atom is -0.356 e. The van der Waals surface area contributed by atoms with E-state index in [2.05, 4.69) is 5.32 Å². The molecule has 3 N–H and O–H groups in total. The van der Waals surface area contributed by atoms with Gasteiger partial charge >= 0.3 is 0 Å². The predicted octanol–water partition coefficient (Wildman–Crippen LogP) is 1.17. The fourth-order valence-corrected chi connectivity index (χ4v) is 2.85. The summed E-state index contributed by atoms with van der Waals surface area (Å²) in [4.78, 5) is 25.5. The van der Waals surface area contributed by atoms with Crippen molar-refractivity contribution in [3.05, 3.63) is 35.4 Å². The molecule has 0 saturated heterocycles. The molecule has 22 heavy (non-hydrogen) atoms. The molecule has 1 aliphatic rings. The van der Waals surface area contributed by atoms with Crippen molar-refractivity contribution in [2.45, 2.75) is 31.7 Å². The van der Waals surface area contributed by atoms with Gasteiger partial charge in [0, 0.05) is 38.2 Å². The van der Waals surface area contributed by atoms with Crippen molar-refractivity contribution in [1.82, 2.24) is 10.2 Å². The summed E-state index contributed by atoms with van der Waals surface area (Å²) in [6.07, 6.45) is 3.34. The monoisotopic (exact) mass is 303 g/mol. The molecule has 1 saturated carbocycles. The van der Waals surface area contributed by atoms with Gasteiger partial charge < -0.3 is 16.0 Å². The Morgan fingerprint density at radius 2 is 2.09 bits per heavy atom. The van der Waals surface area contributed by atoms with Crippen LogP contribution in [0, 0.1) is 5.92 Å². The van der Waals surface area contributed by atoms with Gasteiger partial charge in [0.05, 0.1) is 0 Å². The van der Waals surface area contributed by atoms with Crippen LogP contribution in [0.3, 0.4) is 0 Å². The van der Waals surface area contributed by atoms with Gasteiger partial charge in [-0.15, -0.1) is 0 Å². The second kappa shape index (κ2) is 7.40. The Hall–Kier alpha value is -1.88. The van der Waals surface area contributed by atoms with Crippen LogP contribution in [0.2, 0.25) is 0 Å². The smallest absolute Gasteiger partial charge is 0.253 e. The number of rotatable bonds is 5. The Morgan fingerprint density at radius 3 is 2.73 bits per heavy atom. The largest absolute Gasteiger partial charge is 0.356 e. The number of hydrogen-bond acceptors (Lipinski definition) is 3. The molecular formula is C17H25N3O2. The zero-order valence-corrected chi connectivity index (χ0v) is 13.3.